The zero-order chi connectivity index (χ0) is 14.5. The lowest BCUT2D eigenvalue weighted by Gasteiger charge is -2.15. The van der Waals surface area contributed by atoms with E-state index < -0.39 is 0 Å². The number of aromatic amines is 1. The molecule has 0 saturated carbocycles. The minimum atomic E-state index is -0.136. The van der Waals surface area contributed by atoms with Crippen molar-refractivity contribution in [3.8, 4) is 0 Å². The normalized spacial score (nSPS) is 14.2. The van der Waals surface area contributed by atoms with Crippen molar-refractivity contribution >= 4 is 16.8 Å². The van der Waals surface area contributed by atoms with E-state index in [2.05, 4.69) is 28.6 Å². The molecular formula is C16H23N3O. The van der Waals surface area contributed by atoms with Crippen LogP contribution < -0.4 is 11.1 Å². The summed E-state index contributed by atoms with van der Waals surface area (Å²) in [5.74, 6) is -0.0954. The van der Waals surface area contributed by atoms with Gasteiger partial charge >= 0.3 is 0 Å². The Morgan fingerprint density at radius 3 is 2.85 bits per heavy atom. The summed E-state index contributed by atoms with van der Waals surface area (Å²) in [5, 5.41) is 4.21. The van der Waals surface area contributed by atoms with E-state index in [1.54, 1.807) is 0 Å². The van der Waals surface area contributed by atoms with Crippen molar-refractivity contribution in [1.29, 1.82) is 0 Å². The number of nitrogens with one attached hydrogen (secondary N) is 2. The molecule has 1 aromatic carbocycles. The zero-order valence-corrected chi connectivity index (χ0v) is 12.1. The second-order valence-electron chi connectivity index (χ2n) is 5.40. The number of para-hydroxylation sites is 1. The third-order valence-corrected chi connectivity index (χ3v) is 3.80. The number of hydrogen-bond acceptors (Lipinski definition) is 2. The quantitative estimate of drug-likeness (QED) is 0.706. The summed E-state index contributed by atoms with van der Waals surface area (Å²) in [6.07, 6.45) is 3.94. The highest BCUT2D eigenvalue weighted by molar-refractivity contribution is 5.83. The highest BCUT2D eigenvalue weighted by Gasteiger charge is 2.16. The standard InChI is InChI=1S/C16H23N3O/c1-11(12(2)17)16(20)18-9-5-6-13-10-19-15-8-4-3-7-14(13)15/h3-4,7-8,10-12,19H,5-6,9,17H2,1-2H3,(H,18,20). The van der Waals surface area contributed by atoms with Gasteiger partial charge in [0.1, 0.15) is 0 Å². The highest BCUT2D eigenvalue weighted by atomic mass is 16.1. The molecule has 0 fully saturated rings. The minimum Gasteiger partial charge on any atom is -0.361 e. The Labute approximate surface area is 119 Å². The molecule has 1 amide bonds. The first-order valence-electron chi connectivity index (χ1n) is 7.18. The van der Waals surface area contributed by atoms with Gasteiger partial charge in [0.25, 0.3) is 0 Å². The lowest BCUT2D eigenvalue weighted by atomic mass is 10.0. The average Bonchev–Trinajstić information content (AvgIpc) is 2.85. The molecule has 0 spiro atoms. The number of carbonyl (C=O) groups is 1. The summed E-state index contributed by atoms with van der Waals surface area (Å²) in [6.45, 7) is 4.41. The Bertz CT molecular complexity index is 574. The molecule has 20 heavy (non-hydrogen) atoms. The number of amides is 1. The molecule has 0 saturated heterocycles. The first-order valence-corrected chi connectivity index (χ1v) is 7.18. The number of carbonyl (C=O) groups excluding carboxylic acids is 1. The first kappa shape index (κ1) is 14.6. The van der Waals surface area contributed by atoms with E-state index in [0.29, 0.717) is 6.54 Å². The molecule has 2 unspecified atom stereocenters. The average molecular weight is 273 g/mol. The summed E-state index contributed by atoms with van der Waals surface area (Å²) in [6, 6.07) is 8.16. The molecule has 4 heteroatoms. The maximum absolute atomic E-state index is 11.8. The number of aryl methyl sites for hydroxylation is 1. The van der Waals surface area contributed by atoms with Gasteiger partial charge in [0.05, 0.1) is 0 Å². The van der Waals surface area contributed by atoms with Gasteiger partial charge < -0.3 is 16.0 Å². The van der Waals surface area contributed by atoms with Crippen molar-refractivity contribution in [2.75, 3.05) is 6.54 Å². The van der Waals surface area contributed by atoms with Crippen LogP contribution in [0.15, 0.2) is 30.5 Å². The fourth-order valence-corrected chi connectivity index (χ4v) is 2.23. The van der Waals surface area contributed by atoms with Gasteiger partial charge in [-0.3, -0.25) is 4.79 Å². The van der Waals surface area contributed by atoms with Gasteiger partial charge in [0.15, 0.2) is 0 Å². The monoisotopic (exact) mass is 273 g/mol. The highest BCUT2D eigenvalue weighted by Crippen LogP contribution is 2.18. The fraction of sp³-hybridized carbons (Fsp3) is 0.438. The third-order valence-electron chi connectivity index (χ3n) is 3.80. The van der Waals surface area contributed by atoms with Gasteiger partial charge in [-0.2, -0.15) is 0 Å². The Balaban J connectivity index is 1.80. The second-order valence-corrected chi connectivity index (χ2v) is 5.40. The molecule has 2 rings (SSSR count). The van der Waals surface area contributed by atoms with Crippen LogP contribution in [-0.4, -0.2) is 23.5 Å². The van der Waals surface area contributed by atoms with Crippen LogP contribution in [0.2, 0.25) is 0 Å². The molecule has 4 nitrogen and oxygen atoms in total. The number of benzene rings is 1. The molecular weight excluding hydrogens is 250 g/mol. The van der Waals surface area contributed by atoms with Crippen LogP contribution in [0.1, 0.15) is 25.8 Å². The van der Waals surface area contributed by atoms with Crippen molar-refractivity contribution in [1.82, 2.24) is 10.3 Å². The molecule has 0 aliphatic heterocycles. The van der Waals surface area contributed by atoms with Crippen LogP contribution in [-0.2, 0) is 11.2 Å². The summed E-state index contributed by atoms with van der Waals surface area (Å²) < 4.78 is 0. The van der Waals surface area contributed by atoms with Crippen molar-refractivity contribution in [2.24, 2.45) is 11.7 Å². The molecule has 0 aliphatic carbocycles. The van der Waals surface area contributed by atoms with E-state index in [1.807, 2.05) is 26.0 Å². The predicted octanol–water partition coefficient (Wildman–Crippen LogP) is 2.20. The summed E-state index contributed by atoms with van der Waals surface area (Å²) >= 11 is 0. The molecule has 2 aromatic rings. The molecule has 0 aliphatic rings. The molecule has 1 aromatic heterocycles. The van der Waals surface area contributed by atoms with Crippen LogP contribution in [0.3, 0.4) is 0 Å². The lowest BCUT2D eigenvalue weighted by Crippen LogP contribution is -2.39. The Kier molecular flexibility index (Phi) is 4.79. The van der Waals surface area contributed by atoms with Crippen molar-refractivity contribution < 1.29 is 4.79 Å². The van der Waals surface area contributed by atoms with Crippen molar-refractivity contribution in [3.05, 3.63) is 36.0 Å². The first-order chi connectivity index (χ1) is 9.59. The van der Waals surface area contributed by atoms with E-state index in [1.165, 1.54) is 10.9 Å². The smallest absolute Gasteiger partial charge is 0.224 e. The lowest BCUT2D eigenvalue weighted by molar-refractivity contribution is -0.124. The molecule has 4 N–H and O–H groups in total. The number of hydrogen-bond donors (Lipinski definition) is 3. The summed E-state index contributed by atoms with van der Waals surface area (Å²) in [7, 11) is 0. The van der Waals surface area contributed by atoms with Crippen LogP contribution >= 0.6 is 0 Å². The van der Waals surface area contributed by atoms with E-state index in [9.17, 15) is 4.79 Å². The van der Waals surface area contributed by atoms with E-state index in [0.717, 1.165) is 18.4 Å². The van der Waals surface area contributed by atoms with E-state index in [-0.39, 0.29) is 17.9 Å². The maximum atomic E-state index is 11.8. The number of aromatic nitrogens is 1. The molecule has 108 valence electrons. The summed E-state index contributed by atoms with van der Waals surface area (Å²) in [5.41, 5.74) is 8.18. The zero-order valence-electron chi connectivity index (χ0n) is 12.1. The topological polar surface area (TPSA) is 70.9 Å². The second kappa shape index (κ2) is 6.57. The largest absolute Gasteiger partial charge is 0.361 e. The predicted molar refractivity (Wildman–Crippen MR) is 82.4 cm³/mol. The minimum absolute atomic E-state index is 0.0407. The van der Waals surface area contributed by atoms with Crippen LogP contribution in [0, 0.1) is 5.92 Å². The SMILES string of the molecule is CC(N)C(C)C(=O)NCCCc1c[nH]c2ccccc12. The van der Waals surface area contributed by atoms with Gasteiger partial charge in [0, 0.05) is 35.6 Å². The van der Waals surface area contributed by atoms with Crippen LogP contribution in [0.4, 0.5) is 0 Å². The fourth-order valence-electron chi connectivity index (χ4n) is 2.23. The Morgan fingerprint density at radius 2 is 2.10 bits per heavy atom. The summed E-state index contributed by atoms with van der Waals surface area (Å²) in [4.78, 5) is 15.0. The van der Waals surface area contributed by atoms with E-state index >= 15 is 0 Å². The molecule has 0 bridgehead atoms. The molecule has 1 heterocycles. The van der Waals surface area contributed by atoms with Gasteiger partial charge in [-0.25, -0.2) is 0 Å². The number of rotatable bonds is 6. The molecule has 2 atom stereocenters. The Morgan fingerprint density at radius 1 is 1.35 bits per heavy atom. The van der Waals surface area contributed by atoms with Gasteiger partial charge in [0.2, 0.25) is 5.91 Å². The van der Waals surface area contributed by atoms with Gasteiger partial charge in [-0.1, -0.05) is 25.1 Å². The van der Waals surface area contributed by atoms with Crippen LogP contribution in [0.5, 0.6) is 0 Å². The number of nitrogens with two attached hydrogens (primary N) is 1. The maximum Gasteiger partial charge on any atom is 0.224 e. The number of H-pyrrole nitrogens is 1. The Hall–Kier alpha value is -1.81. The van der Waals surface area contributed by atoms with Crippen molar-refractivity contribution in [2.45, 2.75) is 32.7 Å². The van der Waals surface area contributed by atoms with Crippen LogP contribution in [0.25, 0.3) is 10.9 Å². The van der Waals surface area contributed by atoms with Gasteiger partial charge in [-0.05, 0) is 31.4 Å². The van der Waals surface area contributed by atoms with E-state index in [4.69, 9.17) is 5.73 Å². The third kappa shape index (κ3) is 3.39. The number of fused-ring (bicyclic) bond motifs is 1. The van der Waals surface area contributed by atoms with Crippen molar-refractivity contribution in [3.63, 3.8) is 0 Å². The van der Waals surface area contributed by atoms with Gasteiger partial charge in [-0.15, -0.1) is 0 Å². The molecule has 0 radical (unpaired) electrons.